The van der Waals surface area contributed by atoms with Gasteiger partial charge in [-0.25, -0.2) is 8.42 Å². The van der Waals surface area contributed by atoms with Crippen molar-refractivity contribution in [2.45, 2.75) is 37.6 Å². The number of hydrogen-bond acceptors (Lipinski definition) is 3. The third-order valence-electron chi connectivity index (χ3n) is 3.41. The van der Waals surface area contributed by atoms with Gasteiger partial charge in [-0.3, -0.25) is 4.79 Å². The van der Waals surface area contributed by atoms with E-state index >= 15 is 0 Å². The van der Waals surface area contributed by atoms with Crippen molar-refractivity contribution in [3.8, 4) is 0 Å². The molecular weight excluding hydrogens is 286 g/mol. The van der Waals surface area contributed by atoms with E-state index in [0.29, 0.717) is 17.9 Å². The molecule has 104 valence electrons. The predicted octanol–water partition coefficient (Wildman–Crippen LogP) is 2.31. The van der Waals surface area contributed by atoms with E-state index in [1.807, 2.05) is 6.92 Å². The van der Waals surface area contributed by atoms with E-state index in [2.05, 4.69) is 12.2 Å². The van der Waals surface area contributed by atoms with E-state index in [1.54, 1.807) is 6.07 Å². The number of benzene rings is 1. The van der Waals surface area contributed by atoms with Gasteiger partial charge in [0.05, 0.1) is 4.90 Å². The SMILES string of the molecule is CCc1ccc(S(=O)(=O)Cl)cc1C(=O)NC1CC1C. The van der Waals surface area contributed by atoms with E-state index in [9.17, 15) is 13.2 Å². The molecule has 0 heterocycles. The number of aryl methyl sites for hydroxylation is 1. The van der Waals surface area contributed by atoms with Crippen LogP contribution in [0.2, 0.25) is 0 Å². The number of carbonyl (C=O) groups is 1. The minimum Gasteiger partial charge on any atom is -0.349 e. The molecule has 0 spiro atoms. The van der Waals surface area contributed by atoms with Crippen LogP contribution in [-0.4, -0.2) is 20.4 Å². The average molecular weight is 302 g/mol. The number of nitrogens with one attached hydrogen (secondary N) is 1. The van der Waals surface area contributed by atoms with Crippen molar-refractivity contribution in [2.75, 3.05) is 0 Å². The number of rotatable bonds is 4. The van der Waals surface area contributed by atoms with E-state index in [4.69, 9.17) is 10.7 Å². The summed E-state index contributed by atoms with van der Waals surface area (Å²) in [5.74, 6) is 0.266. The Hall–Kier alpha value is -1.07. The van der Waals surface area contributed by atoms with Gasteiger partial charge in [0.25, 0.3) is 15.0 Å². The molecule has 0 bridgehead atoms. The zero-order chi connectivity index (χ0) is 14.2. The molecule has 1 amide bonds. The molecule has 4 nitrogen and oxygen atoms in total. The average Bonchev–Trinajstić information content (AvgIpc) is 3.02. The lowest BCUT2D eigenvalue weighted by molar-refractivity contribution is 0.0948. The normalized spacial score (nSPS) is 22.1. The van der Waals surface area contributed by atoms with Crippen LogP contribution in [0.1, 0.15) is 36.2 Å². The van der Waals surface area contributed by atoms with Crippen LogP contribution in [0.3, 0.4) is 0 Å². The van der Waals surface area contributed by atoms with E-state index in [-0.39, 0.29) is 16.8 Å². The van der Waals surface area contributed by atoms with Crippen LogP contribution in [0.4, 0.5) is 0 Å². The minimum absolute atomic E-state index is 0.0413. The van der Waals surface area contributed by atoms with Crippen molar-refractivity contribution in [2.24, 2.45) is 5.92 Å². The third kappa shape index (κ3) is 3.28. The summed E-state index contributed by atoms with van der Waals surface area (Å²) in [7, 11) is 1.50. The topological polar surface area (TPSA) is 63.2 Å². The summed E-state index contributed by atoms with van der Waals surface area (Å²) in [6.07, 6.45) is 1.63. The Labute approximate surface area is 117 Å². The summed E-state index contributed by atoms with van der Waals surface area (Å²) in [5, 5.41) is 2.90. The van der Waals surface area contributed by atoms with Gasteiger partial charge in [0, 0.05) is 22.3 Å². The number of hydrogen-bond donors (Lipinski definition) is 1. The summed E-state index contributed by atoms with van der Waals surface area (Å²) in [6.45, 7) is 3.98. The van der Waals surface area contributed by atoms with Crippen LogP contribution in [0.25, 0.3) is 0 Å². The lowest BCUT2D eigenvalue weighted by Crippen LogP contribution is -2.27. The maximum Gasteiger partial charge on any atom is 0.261 e. The maximum atomic E-state index is 12.2. The molecule has 6 heteroatoms. The first-order valence-electron chi connectivity index (χ1n) is 6.21. The number of amides is 1. The summed E-state index contributed by atoms with van der Waals surface area (Å²) in [5.41, 5.74) is 1.21. The molecule has 1 aromatic rings. The van der Waals surface area contributed by atoms with Crippen LogP contribution in [0.5, 0.6) is 0 Å². The number of carbonyl (C=O) groups excluding carboxylic acids is 1. The highest BCUT2D eigenvalue weighted by Gasteiger charge is 2.34. The molecule has 0 saturated heterocycles. The Morgan fingerprint density at radius 1 is 1.47 bits per heavy atom. The number of halogens is 1. The fourth-order valence-electron chi connectivity index (χ4n) is 2.00. The van der Waals surface area contributed by atoms with Gasteiger partial charge < -0.3 is 5.32 Å². The minimum atomic E-state index is -3.82. The summed E-state index contributed by atoms with van der Waals surface area (Å²) in [4.78, 5) is 12.1. The fourth-order valence-corrected chi connectivity index (χ4v) is 2.77. The first-order valence-corrected chi connectivity index (χ1v) is 8.52. The Balaban J connectivity index is 2.33. The van der Waals surface area contributed by atoms with Gasteiger partial charge in [0.2, 0.25) is 0 Å². The molecule has 2 atom stereocenters. The summed E-state index contributed by atoms with van der Waals surface area (Å²) in [6, 6.07) is 4.62. The van der Waals surface area contributed by atoms with Gasteiger partial charge in [0.15, 0.2) is 0 Å². The van der Waals surface area contributed by atoms with Crippen LogP contribution in [0, 0.1) is 5.92 Å². The molecule has 1 fully saturated rings. The maximum absolute atomic E-state index is 12.2. The fraction of sp³-hybridized carbons (Fsp3) is 0.462. The van der Waals surface area contributed by atoms with Crippen molar-refractivity contribution < 1.29 is 13.2 Å². The summed E-state index contributed by atoms with van der Waals surface area (Å²) >= 11 is 0. The highest BCUT2D eigenvalue weighted by atomic mass is 35.7. The third-order valence-corrected chi connectivity index (χ3v) is 4.77. The molecule has 0 aliphatic heterocycles. The second-order valence-corrected chi connectivity index (χ2v) is 7.47. The second-order valence-electron chi connectivity index (χ2n) is 4.90. The quantitative estimate of drug-likeness (QED) is 0.868. The van der Waals surface area contributed by atoms with Gasteiger partial charge in [0.1, 0.15) is 0 Å². The van der Waals surface area contributed by atoms with E-state index < -0.39 is 9.05 Å². The Morgan fingerprint density at radius 2 is 2.11 bits per heavy atom. The Bertz CT molecular complexity index is 612. The first-order chi connectivity index (χ1) is 8.82. The highest BCUT2D eigenvalue weighted by Crippen LogP contribution is 2.29. The van der Waals surface area contributed by atoms with Crippen molar-refractivity contribution in [1.82, 2.24) is 5.32 Å². The Morgan fingerprint density at radius 3 is 2.58 bits per heavy atom. The van der Waals surface area contributed by atoms with E-state index in [0.717, 1.165) is 12.0 Å². The standard InChI is InChI=1S/C13H16ClNO3S/c1-3-9-4-5-10(19(14,17)18)7-11(9)13(16)15-12-6-8(12)2/h4-5,7-8,12H,3,6H2,1-2H3,(H,15,16). The van der Waals surface area contributed by atoms with Gasteiger partial charge in [-0.1, -0.05) is 19.9 Å². The van der Waals surface area contributed by atoms with Gasteiger partial charge >= 0.3 is 0 Å². The molecule has 1 aromatic carbocycles. The van der Waals surface area contributed by atoms with Crippen LogP contribution in [0.15, 0.2) is 23.1 Å². The van der Waals surface area contributed by atoms with Crippen molar-refractivity contribution in [3.63, 3.8) is 0 Å². The molecule has 2 unspecified atom stereocenters. The lowest BCUT2D eigenvalue weighted by Gasteiger charge is -2.10. The Kier molecular flexibility index (Phi) is 3.87. The molecule has 0 aromatic heterocycles. The zero-order valence-corrected chi connectivity index (χ0v) is 12.4. The molecule has 2 rings (SSSR count). The van der Waals surface area contributed by atoms with Crippen molar-refractivity contribution in [1.29, 1.82) is 0 Å². The van der Waals surface area contributed by atoms with Crippen molar-refractivity contribution in [3.05, 3.63) is 29.3 Å². The largest absolute Gasteiger partial charge is 0.349 e. The molecular formula is C13H16ClNO3S. The van der Waals surface area contributed by atoms with E-state index in [1.165, 1.54) is 12.1 Å². The monoisotopic (exact) mass is 301 g/mol. The van der Waals surface area contributed by atoms with Crippen LogP contribution in [-0.2, 0) is 15.5 Å². The molecule has 1 aliphatic rings. The second kappa shape index (κ2) is 5.13. The molecule has 1 N–H and O–H groups in total. The first kappa shape index (κ1) is 14.3. The van der Waals surface area contributed by atoms with Crippen LogP contribution >= 0.6 is 10.7 Å². The van der Waals surface area contributed by atoms with Gasteiger partial charge in [-0.05, 0) is 36.5 Å². The highest BCUT2D eigenvalue weighted by molar-refractivity contribution is 8.13. The van der Waals surface area contributed by atoms with Gasteiger partial charge in [-0.2, -0.15) is 0 Å². The van der Waals surface area contributed by atoms with Gasteiger partial charge in [-0.15, -0.1) is 0 Å². The molecule has 0 radical (unpaired) electrons. The predicted molar refractivity (Wildman–Crippen MR) is 73.9 cm³/mol. The molecule has 1 saturated carbocycles. The summed E-state index contributed by atoms with van der Waals surface area (Å²) < 4.78 is 22.7. The van der Waals surface area contributed by atoms with Crippen molar-refractivity contribution >= 4 is 25.6 Å². The smallest absolute Gasteiger partial charge is 0.261 e. The zero-order valence-electron chi connectivity index (χ0n) is 10.8. The van der Waals surface area contributed by atoms with Crippen LogP contribution < -0.4 is 5.32 Å². The lowest BCUT2D eigenvalue weighted by atomic mass is 10.0. The molecule has 1 aliphatic carbocycles. The molecule has 19 heavy (non-hydrogen) atoms.